The summed E-state index contributed by atoms with van der Waals surface area (Å²) < 4.78 is 23.1. The van der Waals surface area contributed by atoms with E-state index < -0.39 is 26.6 Å². The standard InChI is InChI=1S/C46H79N2O6P/c1-6-8-10-12-14-16-18-19-20-21-22-23-24-25-26-27-28-29-30-32-34-36-38-40-46(50)47-44(43-54-55(51,52)53-42-41-48(3,4)5)45(49)39-37-35-33-31-17-15-13-11-9-7-2/h8,10,14,16-17,19-20,22-23,25-26,28-29,31,37,39,44-45,49H,6-7,9,11-13,15,18,21,24,27,30,32-36,38,40-43H2,1-5H3,(H-,47,50,51,52)/b10-8-,16-14-,20-19-,23-22-,26-25-,29-28-,31-17+,39-37+. The van der Waals surface area contributed by atoms with Crippen LogP contribution in [-0.4, -0.2) is 68.5 Å². The third kappa shape index (κ3) is 39.5. The summed E-state index contributed by atoms with van der Waals surface area (Å²) in [7, 11) is 1.20. The van der Waals surface area contributed by atoms with Crippen molar-refractivity contribution in [2.75, 3.05) is 40.9 Å². The minimum atomic E-state index is -4.60. The van der Waals surface area contributed by atoms with Gasteiger partial charge >= 0.3 is 0 Å². The average Bonchev–Trinajstić information content (AvgIpc) is 3.13. The summed E-state index contributed by atoms with van der Waals surface area (Å²) in [5, 5.41) is 13.7. The molecule has 55 heavy (non-hydrogen) atoms. The van der Waals surface area contributed by atoms with Crippen molar-refractivity contribution in [3.05, 3.63) is 97.2 Å². The number of nitrogens with zero attached hydrogens (tertiary/aromatic N) is 1. The SMILES string of the molecule is CC/C=C\C/C=C\C/C=C\C/C=C\C/C=C\C/C=C\CCCCCCC(=O)NC(COP(=O)([O-])OCC[N+](C)(C)C)C(O)/C=C/CC/C=C/CCCCCC. The number of aliphatic hydroxyl groups excluding tert-OH is 1. The Morgan fingerprint density at radius 1 is 0.655 bits per heavy atom. The van der Waals surface area contributed by atoms with Crippen LogP contribution in [0.5, 0.6) is 0 Å². The third-order valence-electron chi connectivity index (χ3n) is 8.53. The highest BCUT2D eigenvalue weighted by Gasteiger charge is 2.23. The molecule has 0 heterocycles. The fourth-order valence-corrected chi connectivity index (χ4v) is 5.89. The monoisotopic (exact) mass is 787 g/mol. The number of phosphoric acid groups is 1. The molecule has 0 aromatic heterocycles. The van der Waals surface area contributed by atoms with Crippen LogP contribution in [0.2, 0.25) is 0 Å². The predicted molar refractivity (Wildman–Crippen MR) is 233 cm³/mol. The summed E-state index contributed by atoms with van der Waals surface area (Å²) in [6.07, 6.45) is 51.8. The maximum atomic E-state index is 12.8. The van der Waals surface area contributed by atoms with Crippen molar-refractivity contribution in [1.82, 2.24) is 5.32 Å². The molecule has 0 saturated carbocycles. The molecule has 1 amide bonds. The van der Waals surface area contributed by atoms with E-state index >= 15 is 0 Å². The Morgan fingerprint density at radius 2 is 1.13 bits per heavy atom. The predicted octanol–water partition coefficient (Wildman–Crippen LogP) is 10.9. The van der Waals surface area contributed by atoms with E-state index in [1.54, 1.807) is 6.08 Å². The molecular weight excluding hydrogens is 707 g/mol. The quantitative estimate of drug-likeness (QED) is 0.0283. The zero-order valence-electron chi connectivity index (χ0n) is 35.3. The first-order chi connectivity index (χ1) is 26.5. The van der Waals surface area contributed by atoms with Crippen LogP contribution in [0, 0.1) is 0 Å². The molecule has 0 rings (SSSR count). The Bertz CT molecular complexity index is 1210. The van der Waals surface area contributed by atoms with Crippen molar-refractivity contribution in [3.63, 3.8) is 0 Å². The Labute approximate surface area is 337 Å². The highest BCUT2D eigenvalue weighted by Crippen LogP contribution is 2.38. The van der Waals surface area contributed by atoms with Gasteiger partial charge in [-0.3, -0.25) is 9.36 Å². The van der Waals surface area contributed by atoms with Gasteiger partial charge in [0.15, 0.2) is 0 Å². The number of rotatable bonds is 36. The maximum Gasteiger partial charge on any atom is 0.268 e. The van der Waals surface area contributed by atoms with Crippen LogP contribution >= 0.6 is 7.82 Å². The van der Waals surface area contributed by atoms with Crippen molar-refractivity contribution in [3.8, 4) is 0 Å². The molecule has 314 valence electrons. The normalized spacial score (nSPS) is 15.4. The Morgan fingerprint density at radius 3 is 1.67 bits per heavy atom. The summed E-state index contributed by atoms with van der Waals surface area (Å²) in [5.41, 5.74) is 0. The highest BCUT2D eigenvalue weighted by molar-refractivity contribution is 7.45. The molecule has 3 atom stereocenters. The van der Waals surface area contributed by atoms with Gasteiger partial charge in [0.1, 0.15) is 13.2 Å². The smallest absolute Gasteiger partial charge is 0.268 e. The zero-order valence-corrected chi connectivity index (χ0v) is 36.2. The van der Waals surface area contributed by atoms with E-state index in [0.717, 1.165) is 83.5 Å². The molecule has 0 radical (unpaired) electrons. The molecule has 0 aliphatic heterocycles. The summed E-state index contributed by atoms with van der Waals surface area (Å²) in [5.74, 6) is -0.240. The second-order valence-electron chi connectivity index (χ2n) is 14.9. The fraction of sp³-hybridized carbons (Fsp3) is 0.630. The molecule has 3 unspecified atom stereocenters. The van der Waals surface area contributed by atoms with Gasteiger partial charge in [-0.15, -0.1) is 0 Å². The Balaban J connectivity index is 4.46. The van der Waals surface area contributed by atoms with Gasteiger partial charge in [0, 0.05) is 6.42 Å². The number of allylic oxidation sites excluding steroid dienone is 15. The second kappa shape index (κ2) is 37.0. The number of quaternary nitrogens is 1. The number of carbonyl (C=O) groups excluding carboxylic acids is 1. The van der Waals surface area contributed by atoms with E-state index in [0.29, 0.717) is 23.9 Å². The van der Waals surface area contributed by atoms with Gasteiger partial charge in [0.25, 0.3) is 7.82 Å². The van der Waals surface area contributed by atoms with Gasteiger partial charge in [-0.2, -0.15) is 0 Å². The Kier molecular flexibility index (Phi) is 35.3. The first-order valence-corrected chi connectivity index (χ1v) is 22.6. The number of nitrogens with one attached hydrogen (secondary N) is 1. The van der Waals surface area contributed by atoms with E-state index in [1.165, 1.54) is 25.7 Å². The number of hydrogen-bond acceptors (Lipinski definition) is 6. The van der Waals surface area contributed by atoms with E-state index in [4.69, 9.17) is 9.05 Å². The van der Waals surface area contributed by atoms with Crippen LogP contribution in [0.15, 0.2) is 97.2 Å². The van der Waals surface area contributed by atoms with Gasteiger partial charge in [0.2, 0.25) is 5.91 Å². The number of phosphoric ester groups is 1. The molecule has 0 aromatic carbocycles. The van der Waals surface area contributed by atoms with Gasteiger partial charge in [-0.05, 0) is 83.5 Å². The maximum absolute atomic E-state index is 12.8. The molecule has 0 fully saturated rings. The minimum absolute atomic E-state index is 0.0179. The third-order valence-corrected chi connectivity index (χ3v) is 9.49. The number of hydrogen-bond donors (Lipinski definition) is 2. The summed E-state index contributed by atoms with van der Waals surface area (Å²) >= 11 is 0. The summed E-state index contributed by atoms with van der Waals surface area (Å²) in [4.78, 5) is 25.2. The molecule has 0 aliphatic carbocycles. The largest absolute Gasteiger partial charge is 0.756 e. The topological polar surface area (TPSA) is 108 Å². The molecule has 0 spiro atoms. The van der Waals surface area contributed by atoms with Crippen LogP contribution in [0.4, 0.5) is 0 Å². The Hall–Kier alpha value is -2.58. The lowest BCUT2D eigenvalue weighted by molar-refractivity contribution is -0.870. The molecular formula is C46H79N2O6P. The summed E-state index contributed by atoms with van der Waals surface area (Å²) in [6, 6.07) is -0.921. The lowest BCUT2D eigenvalue weighted by Gasteiger charge is -2.29. The fourth-order valence-electron chi connectivity index (χ4n) is 5.17. The van der Waals surface area contributed by atoms with Crippen molar-refractivity contribution >= 4 is 13.7 Å². The number of amides is 1. The first-order valence-electron chi connectivity index (χ1n) is 21.1. The zero-order chi connectivity index (χ0) is 40.7. The number of carbonyl (C=O) groups is 1. The number of aliphatic hydroxyl groups is 1. The number of unbranched alkanes of at least 4 members (excludes halogenated alkanes) is 9. The molecule has 0 aliphatic rings. The average molecular weight is 787 g/mol. The summed E-state index contributed by atoms with van der Waals surface area (Å²) in [6.45, 7) is 4.41. The van der Waals surface area contributed by atoms with E-state index in [1.807, 2.05) is 27.2 Å². The minimum Gasteiger partial charge on any atom is -0.756 e. The van der Waals surface area contributed by atoms with Crippen LogP contribution < -0.4 is 10.2 Å². The molecule has 0 bridgehead atoms. The lowest BCUT2D eigenvalue weighted by Crippen LogP contribution is -2.45. The van der Waals surface area contributed by atoms with Crippen LogP contribution in [-0.2, 0) is 18.4 Å². The molecule has 0 aromatic rings. The molecule has 8 nitrogen and oxygen atoms in total. The molecule has 9 heteroatoms. The van der Waals surface area contributed by atoms with Gasteiger partial charge < -0.3 is 28.8 Å². The van der Waals surface area contributed by atoms with Crippen LogP contribution in [0.3, 0.4) is 0 Å². The second-order valence-corrected chi connectivity index (χ2v) is 16.4. The van der Waals surface area contributed by atoms with E-state index in [9.17, 15) is 19.4 Å². The first kappa shape index (κ1) is 52.4. The highest BCUT2D eigenvalue weighted by atomic mass is 31.2. The van der Waals surface area contributed by atoms with Gasteiger partial charge in [-0.1, -0.05) is 143 Å². The van der Waals surface area contributed by atoms with Crippen molar-refractivity contribution in [1.29, 1.82) is 0 Å². The van der Waals surface area contributed by atoms with E-state index in [2.05, 4.69) is 104 Å². The van der Waals surface area contributed by atoms with Gasteiger partial charge in [0.05, 0.1) is 39.9 Å². The van der Waals surface area contributed by atoms with Crippen molar-refractivity contribution in [2.45, 2.75) is 148 Å². The molecule has 2 N–H and O–H groups in total. The lowest BCUT2D eigenvalue weighted by atomic mass is 10.1. The number of likely N-dealkylation sites (N-methyl/N-ethyl adjacent to an activating group) is 1. The van der Waals surface area contributed by atoms with Crippen molar-refractivity contribution < 1.29 is 32.9 Å². The van der Waals surface area contributed by atoms with E-state index in [-0.39, 0.29) is 12.5 Å². The van der Waals surface area contributed by atoms with Crippen LogP contribution in [0.25, 0.3) is 0 Å². The molecule has 0 saturated heterocycles. The van der Waals surface area contributed by atoms with Gasteiger partial charge in [-0.25, -0.2) is 0 Å². The van der Waals surface area contributed by atoms with Crippen molar-refractivity contribution in [2.24, 2.45) is 0 Å². The van der Waals surface area contributed by atoms with Crippen LogP contribution in [0.1, 0.15) is 136 Å².